The maximum atomic E-state index is 12.6. The Labute approximate surface area is 144 Å². The molecule has 3 atom stereocenters. The molecule has 0 bridgehead atoms. The van der Waals surface area contributed by atoms with Crippen molar-refractivity contribution in [1.29, 1.82) is 0 Å². The molecule has 1 aliphatic rings. The molecule has 1 aliphatic heterocycles. The van der Waals surface area contributed by atoms with Crippen LogP contribution in [0, 0.1) is 11.8 Å². The molecule has 0 saturated carbocycles. The third-order valence-electron chi connectivity index (χ3n) is 4.18. The van der Waals surface area contributed by atoms with Crippen LogP contribution in [-0.2, 0) is 26.8 Å². The molecule has 1 fully saturated rings. The van der Waals surface area contributed by atoms with Crippen molar-refractivity contribution in [2.75, 3.05) is 19.5 Å². The summed E-state index contributed by atoms with van der Waals surface area (Å²) in [4.78, 5) is 5.77. The highest BCUT2D eigenvalue weighted by atomic mass is 32.2. The van der Waals surface area contributed by atoms with Crippen LogP contribution in [0.1, 0.15) is 5.56 Å². The third kappa shape index (κ3) is 4.03. The molecule has 0 amide bonds. The van der Waals surface area contributed by atoms with Gasteiger partial charge < -0.3 is 9.57 Å². The van der Waals surface area contributed by atoms with Crippen LogP contribution in [0.15, 0.2) is 70.7 Å². The largest absolute Gasteiger partial charge is 0.478 e. The molecule has 0 aromatic heterocycles. The SMILES string of the molecule is CO/N=C1\OC[C@@H](CS(=O)c2ccccc2)[C@@H]1Cc1ccccc1. The number of nitrogens with zero attached hydrogens (tertiary/aromatic N) is 1. The highest BCUT2D eigenvalue weighted by Crippen LogP contribution is 2.29. The lowest BCUT2D eigenvalue weighted by atomic mass is 9.90. The first-order valence-electron chi connectivity index (χ1n) is 7.99. The Balaban J connectivity index is 1.75. The first-order chi connectivity index (χ1) is 11.8. The van der Waals surface area contributed by atoms with E-state index in [1.165, 1.54) is 12.7 Å². The van der Waals surface area contributed by atoms with Crippen molar-refractivity contribution in [3.05, 3.63) is 66.2 Å². The van der Waals surface area contributed by atoms with Gasteiger partial charge >= 0.3 is 0 Å². The standard InChI is InChI=1S/C19H21NO3S/c1-22-20-19-18(12-15-8-4-2-5-9-15)16(13-23-19)14-24(21)17-10-6-3-7-11-17/h2-11,16,18H,12-14H2,1H3/b20-19-/t16-,18-,24?/m0/s1. The Morgan fingerprint density at radius 1 is 1.12 bits per heavy atom. The maximum absolute atomic E-state index is 12.6. The van der Waals surface area contributed by atoms with E-state index in [0.717, 1.165) is 11.3 Å². The minimum absolute atomic E-state index is 0.0833. The van der Waals surface area contributed by atoms with Crippen LogP contribution in [0.2, 0.25) is 0 Å². The normalized spacial score (nSPS) is 23.0. The Morgan fingerprint density at radius 3 is 2.46 bits per heavy atom. The summed E-state index contributed by atoms with van der Waals surface area (Å²) in [7, 11) is 0.473. The molecule has 126 valence electrons. The minimum Gasteiger partial charge on any atom is -0.478 e. The second-order valence-corrected chi connectivity index (χ2v) is 7.30. The van der Waals surface area contributed by atoms with Gasteiger partial charge in [-0.1, -0.05) is 53.7 Å². The lowest BCUT2D eigenvalue weighted by Crippen LogP contribution is -2.24. The van der Waals surface area contributed by atoms with Crippen molar-refractivity contribution < 1.29 is 13.8 Å². The first-order valence-corrected chi connectivity index (χ1v) is 9.31. The van der Waals surface area contributed by atoms with Gasteiger partial charge in [0.25, 0.3) is 0 Å². The summed E-state index contributed by atoms with van der Waals surface area (Å²) in [6.45, 7) is 0.526. The van der Waals surface area contributed by atoms with Crippen molar-refractivity contribution in [2.24, 2.45) is 17.0 Å². The second kappa shape index (κ2) is 8.11. The van der Waals surface area contributed by atoms with E-state index in [1.54, 1.807) is 0 Å². The van der Waals surface area contributed by atoms with Gasteiger partial charge in [-0.3, -0.25) is 4.21 Å². The molecule has 5 heteroatoms. The molecular weight excluding hydrogens is 322 g/mol. The zero-order valence-electron chi connectivity index (χ0n) is 13.6. The van der Waals surface area contributed by atoms with Gasteiger partial charge in [0.2, 0.25) is 5.90 Å². The molecular formula is C19H21NO3S. The monoisotopic (exact) mass is 343 g/mol. The van der Waals surface area contributed by atoms with E-state index in [1.807, 2.05) is 48.5 Å². The van der Waals surface area contributed by atoms with E-state index in [0.29, 0.717) is 18.3 Å². The molecule has 2 aromatic carbocycles. The average Bonchev–Trinajstić information content (AvgIpc) is 2.99. The molecule has 0 N–H and O–H groups in total. The summed E-state index contributed by atoms with van der Waals surface area (Å²) < 4.78 is 18.4. The number of hydrogen-bond donors (Lipinski definition) is 0. The molecule has 0 aliphatic carbocycles. The van der Waals surface area contributed by atoms with Gasteiger partial charge in [0, 0.05) is 22.5 Å². The van der Waals surface area contributed by atoms with Crippen molar-refractivity contribution in [2.45, 2.75) is 11.3 Å². The van der Waals surface area contributed by atoms with Gasteiger partial charge in [-0.2, -0.15) is 0 Å². The van der Waals surface area contributed by atoms with E-state index in [-0.39, 0.29) is 11.8 Å². The summed E-state index contributed by atoms with van der Waals surface area (Å²) in [5.41, 5.74) is 1.22. The fraction of sp³-hybridized carbons (Fsp3) is 0.316. The van der Waals surface area contributed by atoms with Crippen LogP contribution in [0.25, 0.3) is 0 Å². The van der Waals surface area contributed by atoms with Crippen molar-refractivity contribution >= 4 is 16.7 Å². The lowest BCUT2D eigenvalue weighted by molar-refractivity contribution is 0.195. The van der Waals surface area contributed by atoms with Gasteiger partial charge in [0.1, 0.15) is 7.11 Å². The Morgan fingerprint density at radius 2 is 1.79 bits per heavy atom. The summed E-state index contributed by atoms with van der Waals surface area (Å²) in [5, 5.41) is 4.03. The number of oxime groups is 1. The van der Waals surface area contributed by atoms with E-state index in [2.05, 4.69) is 17.3 Å². The Kier molecular flexibility index (Phi) is 5.64. The molecule has 2 aromatic rings. The number of hydrogen-bond acceptors (Lipinski definition) is 4. The van der Waals surface area contributed by atoms with Crippen molar-refractivity contribution in [1.82, 2.24) is 0 Å². The predicted octanol–water partition coefficient (Wildman–Crippen LogP) is 3.26. The quantitative estimate of drug-likeness (QED) is 0.757. The number of ether oxygens (including phenoxy) is 1. The van der Waals surface area contributed by atoms with Gasteiger partial charge in [0.05, 0.1) is 17.4 Å². The molecule has 1 heterocycles. The summed E-state index contributed by atoms with van der Waals surface area (Å²) in [6, 6.07) is 19.8. The highest BCUT2D eigenvalue weighted by molar-refractivity contribution is 7.85. The van der Waals surface area contributed by atoms with Crippen molar-refractivity contribution in [3.8, 4) is 0 Å². The minimum atomic E-state index is -1.05. The molecule has 0 spiro atoms. The fourth-order valence-electron chi connectivity index (χ4n) is 2.95. The van der Waals surface area contributed by atoms with E-state index in [4.69, 9.17) is 9.57 Å². The molecule has 24 heavy (non-hydrogen) atoms. The zero-order chi connectivity index (χ0) is 16.8. The molecule has 0 radical (unpaired) electrons. The maximum Gasteiger partial charge on any atom is 0.229 e. The molecule has 1 saturated heterocycles. The molecule has 1 unspecified atom stereocenters. The van der Waals surface area contributed by atoms with Gasteiger partial charge in [0.15, 0.2) is 0 Å². The Bertz CT molecular complexity index is 703. The summed E-state index contributed by atoms with van der Waals surface area (Å²) in [6.07, 6.45) is 0.805. The highest BCUT2D eigenvalue weighted by Gasteiger charge is 2.37. The second-order valence-electron chi connectivity index (χ2n) is 5.80. The van der Waals surface area contributed by atoms with E-state index in [9.17, 15) is 4.21 Å². The summed E-state index contributed by atoms with van der Waals surface area (Å²) in [5.74, 6) is 1.40. The van der Waals surface area contributed by atoms with Crippen LogP contribution >= 0.6 is 0 Å². The van der Waals surface area contributed by atoms with Crippen LogP contribution in [-0.4, -0.2) is 29.6 Å². The number of rotatable bonds is 6. The molecule has 3 rings (SSSR count). The van der Waals surface area contributed by atoms with Gasteiger partial charge in [-0.15, -0.1) is 0 Å². The predicted molar refractivity (Wildman–Crippen MR) is 95.2 cm³/mol. The van der Waals surface area contributed by atoms with Crippen LogP contribution in [0.4, 0.5) is 0 Å². The first kappa shape index (κ1) is 16.7. The van der Waals surface area contributed by atoms with Crippen molar-refractivity contribution in [3.63, 3.8) is 0 Å². The van der Waals surface area contributed by atoms with Crippen LogP contribution in [0.3, 0.4) is 0 Å². The smallest absolute Gasteiger partial charge is 0.229 e. The zero-order valence-corrected chi connectivity index (χ0v) is 14.4. The molecule has 4 nitrogen and oxygen atoms in total. The fourth-order valence-corrected chi connectivity index (χ4v) is 4.32. The summed E-state index contributed by atoms with van der Waals surface area (Å²) >= 11 is 0. The average molecular weight is 343 g/mol. The lowest BCUT2D eigenvalue weighted by Gasteiger charge is -2.16. The number of benzene rings is 2. The van der Waals surface area contributed by atoms with Gasteiger partial charge in [-0.05, 0) is 24.1 Å². The van der Waals surface area contributed by atoms with Crippen LogP contribution < -0.4 is 0 Å². The van der Waals surface area contributed by atoms with Gasteiger partial charge in [-0.25, -0.2) is 0 Å². The Hall–Kier alpha value is -2.14. The van der Waals surface area contributed by atoms with E-state index < -0.39 is 10.8 Å². The topological polar surface area (TPSA) is 47.9 Å². The third-order valence-corrected chi connectivity index (χ3v) is 5.71. The van der Waals surface area contributed by atoms with Crippen LogP contribution in [0.5, 0.6) is 0 Å². The van der Waals surface area contributed by atoms with E-state index >= 15 is 0 Å².